The minimum atomic E-state index is -0.695. The van der Waals surface area contributed by atoms with Gasteiger partial charge < -0.3 is 5.11 Å². The lowest BCUT2D eigenvalue weighted by atomic mass is 9.91. The maximum Gasteiger partial charge on any atom is 0.0869 e. The Morgan fingerprint density at radius 1 is 1.38 bits per heavy atom. The monoisotopic (exact) mass is 179 g/mol. The average molecular weight is 179 g/mol. The Balaban J connectivity index is 2.69. The molecule has 0 aliphatic rings. The molecule has 1 atom stereocenters. The van der Waals surface area contributed by atoms with Crippen LogP contribution in [0, 0.1) is 0 Å². The van der Waals surface area contributed by atoms with Crippen molar-refractivity contribution < 1.29 is 5.11 Å². The zero-order chi connectivity index (χ0) is 9.73. The third-order valence-electron chi connectivity index (χ3n) is 2.32. The molecule has 0 radical (unpaired) electrons. The number of aromatic nitrogens is 1. The summed E-state index contributed by atoms with van der Waals surface area (Å²) in [5.41, 5.74) is 0.259. The van der Waals surface area contributed by atoms with Crippen LogP contribution < -0.4 is 0 Å². The average Bonchev–Trinajstić information content (AvgIpc) is 2.16. The SMILES string of the molecule is CCCCC(C)(O)c1ccncc1. The Bertz CT molecular complexity index is 244. The van der Waals surface area contributed by atoms with Gasteiger partial charge in [0.1, 0.15) is 0 Å². The summed E-state index contributed by atoms with van der Waals surface area (Å²) in [6.45, 7) is 3.99. The van der Waals surface area contributed by atoms with Crippen LogP contribution in [0.2, 0.25) is 0 Å². The van der Waals surface area contributed by atoms with E-state index in [1.165, 1.54) is 0 Å². The lowest BCUT2D eigenvalue weighted by Crippen LogP contribution is -2.20. The van der Waals surface area contributed by atoms with Crippen molar-refractivity contribution in [2.45, 2.75) is 38.7 Å². The van der Waals surface area contributed by atoms with Crippen LogP contribution in [-0.4, -0.2) is 10.1 Å². The zero-order valence-electron chi connectivity index (χ0n) is 8.33. The molecule has 0 aliphatic carbocycles. The molecule has 72 valence electrons. The van der Waals surface area contributed by atoms with Crippen LogP contribution in [0.3, 0.4) is 0 Å². The van der Waals surface area contributed by atoms with Gasteiger partial charge in [-0.05, 0) is 31.0 Å². The topological polar surface area (TPSA) is 33.1 Å². The minimum absolute atomic E-state index is 0.695. The van der Waals surface area contributed by atoms with E-state index in [1.54, 1.807) is 12.4 Å². The van der Waals surface area contributed by atoms with Crippen molar-refractivity contribution in [2.24, 2.45) is 0 Å². The second kappa shape index (κ2) is 4.38. The molecule has 0 amide bonds. The van der Waals surface area contributed by atoms with Crippen molar-refractivity contribution >= 4 is 0 Å². The third kappa shape index (κ3) is 2.81. The standard InChI is InChI=1S/C11H17NO/c1-3-4-7-11(2,13)10-5-8-12-9-6-10/h5-6,8-9,13H,3-4,7H2,1-2H3. The largest absolute Gasteiger partial charge is 0.385 e. The number of pyridine rings is 1. The van der Waals surface area contributed by atoms with Crippen molar-refractivity contribution in [3.05, 3.63) is 30.1 Å². The second-order valence-electron chi connectivity index (χ2n) is 3.61. The molecular formula is C11H17NO. The van der Waals surface area contributed by atoms with Gasteiger partial charge in [-0.2, -0.15) is 0 Å². The van der Waals surface area contributed by atoms with Crippen LogP contribution in [0.1, 0.15) is 38.7 Å². The van der Waals surface area contributed by atoms with Gasteiger partial charge in [-0.15, -0.1) is 0 Å². The Labute approximate surface area is 79.6 Å². The molecular weight excluding hydrogens is 162 g/mol. The molecule has 0 bridgehead atoms. The van der Waals surface area contributed by atoms with Crippen LogP contribution in [0.25, 0.3) is 0 Å². The quantitative estimate of drug-likeness (QED) is 0.770. The molecule has 0 aliphatic heterocycles. The Morgan fingerprint density at radius 2 is 2.00 bits per heavy atom. The highest BCUT2D eigenvalue weighted by Gasteiger charge is 2.21. The zero-order valence-corrected chi connectivity index (χ0v) is 8.33. The molecule has 2 heteroatoms. The van der Waals surface area contributed by atoms with E-state index in [0.717, 1.165) is 24.8 Å². The van der Waals surface area contributed by atoms with E-state index >= 15 is 0 Å². The number of hydrogen-bond donors (Lipinski definition) is 1. The van der Waals surface area contributed by atoms with Gasteiger partial charge in [0.2, 0.25) is 0 Å². The first-order valence-electron chi connectivity index (χ1n) is 4.79. The number of rotatable bonds is 4. The molecule has 1 N–H and O–H groups in total. The Kier molecular flexibility index (Phi) is 3.43. The van der Waals surface area contributed by atoms with Gasteiger partial charge in [0.15, 0.2) is 0 Å². The highest BCUT2D eigenvalue weighted by Crippen LogP contribution is 2.25. The van der Waals surface area contributed by atoms with Gasteiger partial charge in [-0.1, -0.05) is 19.8 Å². The first-order chi connectivity index (χ1) is 6.17. The summed E-state index contributed by atoms with van der Waals surface area (Å²) in [4.78, 5) is 3.93. The lowest BCUT2D eigenvalue weighted by Gasteiger charge is -2.23. The molecule has 2 nitrogen and oxygen atoms in total. The van der Waals surface area contributed by atoms with Crippen molar-refractivity contribution in [2.75, 3.05) is 0 Å². The van der Waals surface area contributed by atoms with Gasteiger partial charge in [0.25, 0.3) is 0 Å². The normalized spacial score (nSPS) is 15.3. The van der Waals surface area contributed by atoms with Gasteiger partial charge in [-0.25, -0.2) is 0 Å². The number of aliphatic hydroxyl groups is 1. The van der Waals surface area contributed by atoms with Crippen LogP contribution in [0.5, 0.6) is 0 Å². The summed E-state index contributed by atoms with van der Waals surface area (Å²) < 4.78 is 0. The molecule has 0 aromatic carbocycles. The van der Waals surface area contributed by atoms with E-state index in [0.29, 0.717) is 0 Å². The molecule has 0 spiro atoms. The van der Waals surface area contributed by atoms with E-state index in [1.807, 2.05) is 19.1 Å². The fraction of sp³-hybridized carbons (Fsp3) is 0.545. The fourth-order valence-corrected chi connectivity index (χ4v) is 1.38. The molecule has 1 aromatic heterocycles. The molecule has 1 unspecified atom stereocenters. The van der Waals surface area contributed by atoms with E-state index in [2.05, 4.69) is 11.9 Å². The molecule has 1 rings (SSSR count). The lowest BCUT2D eigenvalue weighted by molar-refractivity contribution is 0.0453. The van der Waals surface area contributed by atoms with E-state index in [-0.39, 0.29) is 0 Å². The van der Waals surface area contributed by atoms with Crippen molar-refractivity contribution in [3.8, 4) is 0 Å². The van der Waals surface area contributed by atoms with E-state index in [9.17, 15) is 5.11 Å². The summed E-state index contributed by atoms with van der Waals surface area (Å²) in [6, 6.07) is 3.74. The first kappa shape index (κ1) is 10.2. The predicted molar refractivity (Wildman–Crippen MR) is 53.3 cm³/mol. The third-order valence-corrected chi connectivity index (χ3v) is 2.32. The highest BCUT2D eigenvalue weighted by atomic mass is 16.3. The molecule has 1 aromatic rings. The van der Waals surface area contributed by atoms with Gasteiger partial charge in [0.05, 0.1) is 5.60 Å². The van der Waals surface area contributed by atoms with E-state index < -0.39 is 5.60 Å². The van der Waals surface area contributed by atoms with Crippen molar-refractivity contribution in [1.29, 1.82) is 0 Å². The molecule has 0 saturated carbocycles. The van der Waals surface area contributed by atoms with Crippen LogP contribution in [0.15, 0.2) is 24.5 Å². The molecule has 13 heavy (non-hydrogen) atoms. The van der Waals surface area contributed by atoms with Gasteiger partial charge in [0, 0.05) is 12.4 Å². The highest BCUT2D eigenvalue weighted by molar-refractivity contribution is 5.17. The maximum absolute atomic E-state index is 10.1. The van der Waals surface area contributed by atoms with Crippen LogP contribution >= 0.6 is 0 Å². The molecule has 0 saturated heterocycles. The second-order valence-corrected chi connectivity index (χ2v) is 3.61. The van der Waals surface area contributed by atoms with Crippen LogP contribution in [-0.2, 0) is 5.60 Å². The number of unbranched alkanes of at least 4 members (excludes halogenated alkanes) is 1. The Hall–Kier alpha value is -0.890. The summed E-state index contributed by atoms with van der Waals surface area (Å²) in [5.74, 6) is 0. The van der Waals surface area contributed by atoms with Crippen molar-refractivity contribution in [1.82, 2.24) is 4.98 Å². The Morgan fingerprint density at radius 3 is 2.54 bits per heavy atom. The van der Waals surface area contributed by atoms with Gasteiger partial charge >= 0.3 is 0 Å². The predicted octanol–water partition coefficient (Wildman–Crippen LogP) is 2.48. The summed E-state index contributed by atoms with van der Waals surface area (Å²) >= 11 is 0. The van der Waals surface area contributed by atoms with E-state index in [4.69, 9.17) is 0 Å². The van der Waals surface area contributed by atoms with Gasteiger partial charge in [-0.3, -0.25) is 4.98 Å². The number of hydrogen-bond acceptors (Lipinski definition) is 2. The summed E-state index contributed by atoms with van der Waals surface area (Å²) in [6.07, 6.45) is 6.41. The molecule has 0 fully saturated rings. The summed E-state index contributed by atoms with van der Waals surface area (Å²) in [7, 11) is 0. The molecule has 1 heterocycles. The minimum Gasteiger partial charge on any atom is -0.385 e. The first-order valence-corrected chi connectivity index (χ1v) is 4.79. The van der Waals surface area contributed by atoms with Crippen molar-refractivity contribution in [3.63, 3.8) is 0 Å². The van der Waals surface area contributed by atoms with Crippen LogP contribution in [0.4, 0.5) is 0 Å². The maximum atomic E-state index is 10.1. The fourth-order valence-electron chi connectivity index (χ4n) is 1.38. The summed E-state index contributed by atoms with van der Waals surface area (Å²) in [5, 5.41) is 10.1. The number of nitrogens with zero attached hydrogens (tertiary/aromatic N) is 1. The smallest absolute Gasteiger partial charge is 0.0869 e.